The fraction of sp³-hybridized carbons (Fsp3) is 0.375. The molecule has 0 bridgehead atoms. The molecule has 3 N–H and O–H groups in total. The lowest BCUT2D eigenvalue weighted by atomic mass is 10.0. The monoisotopic (exact) mass is 272 g/mol. The Hall–Kier alpha value is -1.16. The van der Waals surface area contributed by atoms with Gasteiger partial charge in [-0.3, -0.25) is 11.3 Å². The summed E-state index contributed by atoms with van der Waals surface area (Å²) in [5, 5.41) is 2.14. The van der Waals surface area contributed by atoms with Gasteiger partial charge in [-0.05, 0) is 48.1 Å². The molecule has 1 aliphatic rings. The van der Waals surface area contributed by atoms with Crippen molar-refractivity contribution in [2.24, 2.45) is 11.8 Å². The summed E-state index contributed by atoms with van der Waals surface area (Å²) in [4.78, 5) is 1.46. The molecular formula is C16H20N2S. The molecule has 1 aromatic carbocycles. The Bertz CT molecular complexity index is 495. The minimum absolute atomic E-state index is 0.437. The predicted molar refractivity (Wildman–Crippen MR) is 81.0 cm³/mol. The van der Waals surface area contributed by atoms with Gasteiger partial charge in [0.25, 0.3) is 0 Å². The van der Waals surface area contributed by atoms with Crippen LogP contribution < -0.4 is 11.3 Å². The molecule has 100 valence electrons. The number of aryl methyl sites for hydroxylation is 1. The van der Waals surface area contributed by atoms with Crippen molar-refractivity contribution in [3.8, 4) is 0 Å². The van der Waals surface area contributed by atoms with E-state index in [2.05, 4.69) is 53.3 Å². The quantitative estimate of drug-likeness (QED) is 0.625. The van der Waals surface area contributed by atoms with Gasteiger partial charge in [-0.15, -0.1) is 11.3 Å². The molecule has 2 nitrogen and oxygen atoms in total. The van der Waals surface area contributed by atoms with Crippen LogP contribution in [-0.2, 0) is 6.42 Å². The van der Waals surface area contributed by atoms with Gasteiger partial charge in [-0.2, -0.15) is 0 Å². The number of thiophene rings is 1. The van der Waals surface area contributed by atoms with Crippen LogP contribution in [0.15, 0.2) is 47.8 Å². The van der Waals surface area contributed by atoms with Crippen LogP contribution in [0.5, 0.6) is 0 Å². The van der Waals surface area contributed by atoms with Crippen LogP contribution in [0, 0.1) is 5.92 Å². The van der Waals surface area contributed by atoms with Gasteiger partial charge in [0, 0.05) is 10.9 Å². The van der Waals surface area contributed by atoms with Crippen LogP contribution in [0.2, 0.25) is 0 Å². The Labute approximate surface area is 118 Å². The zero-order chi connectivity index (χ0) is 13.1. The van der Waals surface area contributed by atoms with Crippen molar-refractivity contribution in [3.63, 3.8) is 0 Å². The molecule has 3 rings (SSSR count). The van der Waals surface area contributed by atoms with Crippen molar-refractivity contribution in [2.75, 3.05) is 0 Å². The van der Waals surface area contributed by atoms with Crippen molar-refractivity contribution >= 4 is 11.3 Å². The topological polar surface area (TPSA) is 38.0 Å². The fourth-order valence-electron chi connectivity index (χ4n) is 2.92. The lowest BCUT2D eigenvalue weighted by Gasteiger charge is -2.15. The number of nitrogens with two attached hydrogens (primary N) is 1. The lowest BCUT2D eigenvalue weighted by Crippen LogP contribution is -2.37. The molecular weight excluding hydrogens is 252 g/mol. The summed E-state index contributed by atoms with van der Waals surface area (Å²) in [6.07, 6.45) is 3.53. The van der Waals surface area contributed by atoms with Crippen molar-refractivity contribution < 1.29 is 0 Å². The maximum absolute atomic E-state index is 5.75. The summed E-state index contributed by atoms with van der Waals surface area (Å²) < 4.78 is 0. The van der Waals surface area contributed by atoms with E-state index >= 15 is 0 Å². The van der Waals surface area contributed by atoms with Crippen LogP contribution in [0.3, 0.4) is 0 Å². The van der Waals surface area contributed by atoms with Crippen LogP contribution in [0.4, 0.5) is 0 Å². The number of nitrogens with one attached hydrogen (secondary N) is 1. The molecule has 1 heterocycles. The molecule has 1 fully saturated rings. The van der Waals surface area contributed by atoms with Gasteiger partial charge >= 0.3 is 0 Å². The Kier molecular flexibility index (Phi) is 3.97. The van der Waals surface area contributed by atoms with Crippen molar-refractivity contribution in [1.82, 2.24) is 5.43 Å². The second-order valence-corrected chi connectivity index (χ2v) is 6.34. The molecule has 3 heteroatoms. The number of hydrogen-bond acceptors (Lipinski definition) is 3. The first-order chi connectivity index (χ1) is 9.38. The van der Waals surface area contributed by atoms with E-state index in [4.69, 9.17) is 5.84 Å². The SMILES string of the molecule is NNC(CCc1cccs1)C1CC1c1ccccc1. The molecule has 3 unspecified atom stereocenters. The lowest BCUT2D eigenvalue weighted by molar-refractivity contribution is 0.440. The van der Waals surface area contributed by atoms with Gasteiger partial charge in [-0.1, -0.05) is 36.4 Å². The molecule has 3 atom stereocenters. The largest absolute Gasteiger partial charge is 0.271 e. The Morgan fingerprint density at radius 1 is 1.21 bits per heavy atom. The third-order valence-corrected chi connectivity index (χ3v) is 5.02. The molecule has 1 saturated carbocycles. The minimum Gasteiger partial charge on any atom is -0.271 e. The van der Waals surface area contributed by atoms with Crippen LogP contribution in [-0.4, -0.2) is 6.04 Å². The highest BCUT2D eigenvalue weighted by Crippen LogP contribution is 2.50. The van der Waals surface area contributed by atoms with Gasteiger partial charge in [0.1, 0.15) is 0 Å². The van der Waals surface area contributed by atoms with E-state index in [1.165, 1.54) is 16.9 Å². The average molecular weight is 272 g/mol. The van der Waals surface area contributed by atoms with E-state index in [0.717, 1.165) is 12.8 Å². The average Bonchev–Trinajstić information content (AvgIpc) is 3.07. The maximum atomic E-state index is 5.75. The Balaban J connectivity index is 1.56. The first-order valence-electron chi connectivity index (χ1n) is 6.92. The van der Waals surface area contributed by atoms with E-state index in [1.807, 2.05) is 11.3 Å². The van der Waals surface area contributed by atoms with Crippen LogP contribution in [0.1, 0.15) is 29.2 Å². The second kappa shape index (κ2) is 5.87. The highest BCUT2D eigenvalue weighted by atomic mass is 32.1. The first kappa shape index (κ1) is 12.9. The molecule has 0 radical (unpaired) electrons. The van der Waals surface area contributed by atoms with Crippen molar-refractivity contribution in [3.05, 3.63) is 58.3 Å². The highest BCUT2D eigenvalue weighted by molar-refractivity contribution is 7.09. The minimum atomic E-state index is 0.437. The smallest absolute Gasteiger partial charge is 0.0248 e. The number of hydrogen-bond donors (Lipinski definition) is 2. The Morgan fingerprint density at radius 3 is 2.74 bits per heavy atom. The van der Waals surface area contributed by atoms with Gasteiger partial charge in [0.15, 0.2) is 0 Å². The normalized spacial score (nSPS) is 23.2. The van der Waals surface area contributed by atoms with Gasteiger partial charge < -0.3 is 0 Å². The molecule has 19 heavy (non-hydrogen) atoms. The molecule has 0 amide bonds. The van der Waals surface area contributed by atoms with Crippen molar-refractivity contribution in [1.29, 1.82) is 0 Å². The van der Waals surface area contributed by atoms with E-state index in [1.54, 1.807) is 0 Å². The molecule has 2 aromatic rings. The third-order valence-electron chi connectivity index (χ3n) is 4.08. The molecule has 1 aromatic heterocycles. The molecule has 0 aliphatic heterocycles. The van der Waals surface area contributed by atoms with E-state index in [9.17, 15) is 0 Å². The molecule has 1 aliphatic carbocycles. The zero-order valence-electron chi connectivity index (χ0n) is 11.0. The van der Waals surface area contributed by atoms with E-state index in [-0.39, 0.29) is 0 Å². The number of benzene rings is 1. The Morgan fingerprint density at radius 2 is 2.05 bits per heavy atom. The summed E-state index contributed by atoms with van der Waals surface area (Å²) in [5.41, 5.74) is 4.49. The number of hydrazine groups is 1. The first-order valence-corrected chi connectivity index (χ1v) is 7.80. The summed E-state index contributed by atoms with van der Waals surface area (Å²) in [5.74, 6) is 7.15. The van der Waals surface area contributed by atoms with E-state index in [0.29, 0.717) is 17.9 Å². The van der Waals surface area contributed by atoms with Crippen LogP contribution in [0.25, 0.3) is 0 Å². The maximum Gasteiger partial charge on any atom is 0.0248 e. The zero-order valence-corrected chi connectivity index (χ0v) is 11.8. The summed E-state index contributed by atoms with van der Waals surface area (Å²) in [6.45, 7) is 0. The van der Waals surface area contributed by atoms with Gasteiger partial charge in [-0.25, -0.2) is 0 Å². The standard InChI is InChI=1S/C16H20N2S/c17-18-16(9-8-13-7-4-10-19-13)15-11-14(15)12-5-2-1-3-6-12/h1-7,10,14-16,18H,8-9,11,17H2. The van der Waals surface area contributed by atoms with Crippen molar-refractivity contribution in [2.45, 2.75) is 31.2 Å². The van der Waals surface area contributed by atoms with Gasteiger partial charge in [0.05, 0.1) is 0 Å². The number of rotatable bonds is 6. The summed E-state index contributed by atoms with van der Waals surface area (Å²) in [7, 11) is 0. The third kappa shape index (κ3) is 3.06. The summed E-state index contributed by atoms with van der Waals surface area (Å²) in [6, 6.07) is 15.6. The molecule has 0 saturated heterocycles. The predicted octanol–water partition coefficient (Wildman–Crippen LogP) is 3.32. The van der Waals surface area contributed by atoms with Gasteiger partial charge in [0.2, 0.25) is 0 Å². The second-order valence-electron chi connectivity index (χ2n) is 5.31. The highest BCUT2D eigenvalue weighted by Gasteiger charge is 2.43. The van der Waals surface area contributed by atoms with E-state index < -0.39 is 0 Å². The molecule has 0 spiro atoms. The summed E-state index contributed by atoms with van der Waals surface area (Å²) >= 11 is 1.84. The fourth-order valence-corrected chi connectivity index (χ4v) is 3.64. The van der Waals surface area contributed by atoms with Crippen LogP contribution >= 0.6 is 11.3 Å².